The molecule has 0 aromatic rings. The van der Waals surface area contributed by atoms with E-state index in [0.717, 1.165) is 18.8 Å². The Labute approximate surface area is 204 Å². The summed E-state index contributed by atoms with van der Waals surface area (Å²) in [5.41, 5.74) is 1.35. The highest BCUT2D eigenvalue weighted by molar-refractivity contribution is 4.87. The molecule has 0 aromatic heterocycles. The molecule has 1 nitrogen and oxygen atoms in total. The van der Waals surface area contributed by atoms with Gasteiger partial charge in [0.25, 0.3) is 0 Å². The van der Waals surface area contributed by atoms with Crippen LogP contribution in [0.15, 0.2) is 24.5 Å². The van der Waals surface area contributed by atoms with E-state index in [2.05, 4.69) is 40.9 Å². The number of hydrogen-bond acceptors (Lipinski definition) is 1. The highest BCUT2D eigenvalue weighted by atomic mass is 16.3. The van der Waals surface area contributed by atoms with Crippen LogP contribution in [-0.2, 0) is 0 Å². The first-order chi connectivity index (χ1) is 15.5. The number of allylic oxidation sites excluding steroid dienone is 2. The van der Waals surface area contributed by atoms with Crippen molar-refractivity contribution in [3.05, 3.63) is 24.5 Å². The molecule has 0 fully saturated rings. The van der Waals surface area contributed by atoms with Crippen molar-refractivity contribution in [1.82, 2.24) is 0 Å². The van der Waals surface area contributed by atoms with Gasteiger partial charge in [-0.05, 0) is 32.1 Å². The van der Waals surface area contributed by atoms with Crippen LogP contribution in [0.1, 0.15) is 169 Å². The lowest BCUT2D eigenvalue weighted by molar-refractivity contribution is 0.383. The van der Waals surface area contributed by atoms with Crippen LogP contribution in [0.4, 0.5) is 0 Å². The minimum absolute atomic E-state index is 0.341. The molecule has 0 aliphatic carbocycles. The van der Waals surface area contributed by atoms with Crippen LogP contribution < -0.4 is 0 Å². The first-order valence-corrected chi connectivity index (χ1v) is 14.5. The van der Waals surface area contributed by atoms with Gasteiger partial charge in [0.2, 0.25) is 0 Å². The molecule has 1 atom stereocenters. The van der Waals surface area contributed by atoms with Crippen molar-refractivity contribution in [1.29, 1.82) is 0 Å². The van der Waals surface area contributed by atoms with Gasteiger partial charge in [0.1, 0.15) is 0 Å². The third-order valence-corrected chi connectivity index (χ3v) is 6.58. The van der Waals surface area contributed by atoms with Crippen LogP contribution in [0.25, 0.3) is 0 Å². The van der Waals surface area contributed by atoms with E-state index in [1.54, 1.807) is 0 Å². The fourth-order valence-corrected chi connectivity index (χ4v) is 4.27. The predicted molar refractivity (Wildman–Crippen MR) is 149 cm³/mol. The summed E-state index contributed by atoms with van der Waals surface area (Å²) in [6.07, 6.45) is 29.6. The topological polar surface area (TPSA) is 20.2 Å². The lowest BCUT2D eigenvalue weighted by atomic mass is 9.92. The molecule has 0 radical (unpaired) electrons. The number of rotatable bonds is 23. The van der Waals surface area contributed by atoms with Gasteiger partial charge in [-0.2, -0.15) is 0 Å². The van der Waals surface area contributed by atoms with Gasteiger partial charge < -0.3 is 5.11 Å². The van der Waals surface area contributed by atoms with Crippen molar-refractivity contribution in [3.63, 3.8) is 0 Å². The third kappa shape index (κ3) is 31.5. The molecule has 1 unspecified atom stereocenters. The molecular formula is C31H62O. The van der Waals surface area contributed by atoms with Crippen LogP contribution in [0.2, 0.25) is 0 Å². The van der Waals surface area contributed by atoms with Gasteiger partial charge in [0.15, 0.2) is 0 Å². The second-order valence-electron chi connectivity index (χ2n) is 10.2. The highest BCUT2D eigenvalue weighted by Gasteiger charge is 2.05. The van der Waals surface area contributed by atoms with Crippen molar-refractivity contribution in [3.8, 4) is 0 Å². The average Bonchev–Trinajstić information content (AvgIpc) is 2.76. The summed E-state index contributed by atoms with van der Waals surface area (Å²) in [6.45, 7) is 16.5. The summed E-state index contributed by atoms with van der Waals surface area (Å²) in [4.78, 5) is 0. The molecule has 32 heavy (non-hydrogen) atoms. The lowest BCUT2D eigenvalue weighted by Gasteiger charge is -2.14. The number of hydrogen-bond donors (Lipinski definition) is 1. The minimum Gasteiger partial charge on any atom is -0.513 e. The molecule has 192 valence electrons. The van der Waals surface area contributed by atoms with E-state index in [9.17, 15) is 0 Å². The molecule has 0 saturated heterocycles. The molecule has 0 saturated carbocycles. The molecular weight excluding hydrogens is 388 g/mol. The van der Waals surface area contributed by atoms with Crippen LogP contribution >= 0.6 is 0 Å². The Morgan fingerprint density at radius 1 is 0.562 bits per heavy atom. The Balaban J connectivity index is 0. The molecule has 0 aliphatic rings. The van der Waals surface area contributed by atoms with Crippen LogP contribution in [0.5, 0.6) is 0 Å². The first kappa shape index (κ1) is 33.5. The zero-order valence-corrected chi connectivity index (χ0v) is 23.0. The molecule has 0 spiro atoms. The van der Waals surface area contributed by atoms with Gasteiger partial charge in [-0.3, -0.25) is 0 Å². The quantitative estimate of drug-likeness (QED) is 0.0931. The summed E-state index contributed by atoms with van der Waals surface area (Å²) in [5.74, 6) is 1.31. The van der Waals surface area contributed by atoms with Gasteiger partial charge in [-0.1, -0.05) is 148 Å². The van der Waals surface area contributed by atoms with Crippen molar-refractivity contribution in [2.75, 3.05) is 0 Å². The Hall–Kier alpha value is -0.720. The summed E-state index contributed by atoms with van der Waals surface area (Å²) in [7, 11) is 0. The SMILES string of the molecule is C=C(C)CCCC(CC)CCCCCCCCC.C=C(O)CCCCCCCCCCC. The fourth-order valence-electron chi connectivity index (χ4n) is 4.27. The van der Waals surface area contributed by atoms with Gasteiger partial charge in [0.05, 0.1) is 5.76 Å². The molecule has 1 N–H and O–H groups in total. The van der Waals surface area contributed by atoms with E-state index in [1.807, 2.05) is 0 Å². The fraction of sp³-hybridized carbons (Fsp3) is 0.871. The maximum atomic E-state index is 8.86. The Kier molecular flexibility index (Phi) is 29.6. The van der Waals surface area contributed by atoms with Crippen molar-refractivity contribution in [2.24, 2.45) is 5.92 Å². The van der Waals surface area contributed by atoms with E-state index in [0.29, 0.717) is 5.76 Å². The van der Waals surface area contributed by atoms with Crippen molar-refractivity contribution < 1.29 is 5.11 Å². The van der Waals surface area contributed by atoms with E-state index in [-0.39, 0.29) is 0 Å². The first-order valence-electron chi connectivity index (χ1n) is 14.5. The van der Waals surface area contributed by atoms with E-state index in [4.69, 9.17) is 5.11 Å². The maximum Gasteiger partial charge on any atom is 0.0851 e. The molecule has 0 rings (SSSR count). The Morgan fingerprint density at radius 2 is 0.969 bits per heavy atom. The molecule has 0 aromatic carbocycles. The molecule has 0 bridgehead atoms. The lowest BCUT2D eigenvalue weighted by Crippen LogP contribution is -1.99. The molecule has 0 amide bonds. The summed E-state index contributed by atoms with van der Waals surface area (Å²) in [5, 5.41) is 8.86. The monoisotopic (exact) mass is 450 g/mol. The largest absolute Gasteiger partial charge is 0.513 e. The van der Waals surface area contributed by atoms with Gasteiger partial charge in [0, 0.05) is 6.42 Å². The second-order valence-corrected chi connectivity index (χ2v) is 10.2. The molecule has 1 heteroatoms. The van der Waals surface area contributed by atoms with E-state index < -0.39 is 0 Å². The standard InChI is InChI=1S/C18H36.C13H26O/c1-5-7-8-9-10-11-12-15-18(6-2)16-13-14-17(3)4;1-3-4-5-6-7-8-9-10-11-12-13(2)14/h18H,3,5-16H2,1-2,4H3;14H,2-12H2,1H3. The summed E-state index contributed by atoms with van der Waals surface area (Å²) in [6, 6.07) is 0. The minimum atomic E-state index is 0.341. The van der Waals surface area contributed by atoms with Crippen LogP contribution in [0.3, 0.4) is 0 Å². The maximum absolute atomic E-state index is 8.86. The second kappa shape index (κ2) is 28.3. The number of unbranched alkanes of at least 4 members (excludes halogenated alkanes) is 14. The van der Waals surface area contributed by atoms with Gasteiger partial charge >= 0.3 is 0 Å². The molecule has 0 aliphatic heterocycles. The zero-order valence-electron chi connectivity index (χ0n) is 23.0. The van der Waals surface area contributed by atoms with Crippen molar-refractivity contribution in [2.45, 2.75) is 169 Å². The van der Waals surface area contributed by atoms with Crippen LogP contribution in [0, 0.1) is 5.92 Å². The van der Waals surface area contributed by atoms with E-state index in [1.165, 1.54) is 134 Å². The summed E-state index contributed by atoms with van der Waals surface area (Å²) >= 11 is 0. The third-order valence-electron chi connectivity index (χ3n) is 6.58. The summed E-state index contributed by atoms with van der Waals surface area (Å²) < 4.78 is 0. The van der Waals surface area contributed by atoms with Crippen molar-refractivity contribution >= 4 is 0 Å². The normalized spacial score (nSPS) is 11.6. The van der Waals surface area contributed by atoms with Gasteiger partial charge in [-0.15, -0.1) is 6.58 Å². The smallest absolute Gasteiger partial charge is 0.0851 e. The van der Waals surface area contributed by atoms with Crippen LogP contribution in [-0.4, -0.2) is 5.11 Å². The Bertz CT molecular complexity index is 384. The number of aliphatic hydroxyl groups is 1. The average molecular weight is 451 g/mol. The predicted octanol–water partition coefficient (Wildman–Crippen LogP) is 11.9. The molecule has 0 heterocycles. The zero-order chi connectivity index (χ0) is 24.3. The number of aliphatic hydroxyl groups excluding tert-OH is 1. The van der Waals surface area contributed by atoms with Gasteiger partial charge in [-0.25, -0.2) is 0 Å². The van der Waals surface area contributed by atoms with E-state index >= 15 is 0 Å². The Morgan fingerprint density at radius 3 is 1.38 bits per heavy atom. The highest BCUT2D eigenvalue weighted by Crippen LogP contribution is 2.21.